The molecule has 208 valence electrons. The van der Waals surface area contributed by atoms with E-state index in [2.05, 4.69) is 5.32 Å². The van der Waals surface area contributed by atoms with Gasteiger partial charge in [-0.05, 0) is 62.8 Å². The Morgan fingerprint density at radius 3 is 2.26 bits per heavy atom. The first-order valence-electron chi connectivity index (χ1n) is 13.8. The Kier molecular flexibility index (Phi) is 10.8. The van der Waals surface area contributed by atoms with Crippen molar-refractivity contribution in [3.05, 3.63) is 65.2 Å². The van der Waals surface area contributed by atoms with E-state index in [0.29, 0.717) is 25.1 Å². The molecule has 0 spiro atoms. The van der Waals surface area contributed by atoms with Crippen LogP contribution in [-0.4, -0.2) is 50.0 Å². The first-order valence-corrected chi connectivity index (χ1v) is 15.6. The summed E-state index contributed by atoms with van der Waals surface area (Å²) in [5.74, 6) is -0.241. The lowest BCUT2D eigenvalue weighted by atomic mass is 9.95. The Morgan fingerprint density at radius 1 is 1.00 bits per heavy atom. The third kappa shape index (κ3) is 8.32. The summed E-state index contributed by atoms with van der Waals surface area (Å²) in [6.07, 6.45) is 7.59. The van der Waals surface area contributed by atoms with Crippen LogP contribution >= 0.6 is 0 Å². The van der Waals surface area contributed by atoms with Gasteiger partial charge in [0.25, 0.3) is 0 Å². The fraction of sp³-hybridized carbons (Fsp3) is 0.533. The van der Waals surface area contributed by atoms with E-state index < -0.39 is 16.1 Å². The largest absolute Gasteiger partial charge is 0.352 e. The maximum absolute atomic E-state index is 13.6. The van der Waals surface area contributed by atoms with E-state index in [9.17, 15) is 18.0 Å². The second-order valence-corrected chi connectivity index (χ2v) is 12.4. The third-order valence-electron chi connectivity index (χ3n) is 7.41. The predicted octanol–water partition coefficient (Wildman–Crippen LogP) is 5.11. The van der Waals surface area contributed by atoms with Crippen LogP contribution in [0.15, 0.2) is 48.5 Å². The molecule has 2 amide bonds. The third-order valence-corrected chi connectivity index (χ3v) is 8.61. The van der Waals surface area contributed by atoms with Gasteiger partial charge < -0.3 is 10.2 Å². The Balaban J connectivity index is 1.76. The Morgan fingerprint density at radius 2 is 1.66 bits per heavy atom. The van der Waals surface area contributed by atoms with Crippen molar-refractivity contribution in [3.8, 4) is 0 Å². The zero-order chi connectivity index (χ0) is 27.7. The van der Waals surface area contributed by atoms with Gasteiger partial charge in [-0.2, -0.15) is 0 Å². The number of anilines is 1. The lowest BCUT2D eigenvalue weighted by Gasteiger charge is -2.33. The second-order valence-electron chi connectivity index (χ2n) is 10.5. The van der Waals surface area contributed by atoms with Crippen molar-refractivity contribution < 1.29 is 18.0 Å². The summed E-state index contributed by atoms with van der Waals surface area (Å²) < 4.78 is 26.4. The van der Waals surface area contributed by atoms with Crippen LogP contribution in [0.4, 0.5) is 5.69 Å². The lowest BCUT2D eigenvalue weighted by Crippen LogP contribution is -2.51. The van der Waals surface area contributed by atoms with Crippen LogP contribution < -0.4 is 9.62 Å². The van der Waals surface area contributed by atoms with Crippen molar-refractivity contribution in [2.24, 2.45) is 0 Å². The van der Waals surface area contributed by atoms with Gasteiger partial charge in [-0.25, -0.2) is 8.42 Å². The number of sulfonamides is 1. The van der Waals surface area contributed by atoms with Gasteiger partial charge in [0.1, 0.15) is 6.04 Å². The van der Waals surface area contributed by atoms with Gasteiger partial charge in [0.2, 0.25) is 21.8 Å². The molecule has 0 heterocycles. The fourth-order valence-corrected chi connectivity index (χ4v) is 6.12. The Hall–Kier alpha value is -2.87. The average molecular weight is 542 g/mol. The first-order chi connectivity index (χ1) is 18.1. The molecule has 2 aromatic carbocycles. The zero-order valence-electron chi connectivity index (χ0n) is 23.3. The van der Waals surface area contributed by atoms with Crippen LogP contribution in [0.2, 0.25) is 0 Å². The van der Waals surface area contributed by atoms with E-state index in [4.69, 9.17) is 0 Å². The van der Waals surface area contributed by atoms with Gasteiger partial charge in [0.05, 0.1) is 11.9 Å². The van der Waals surface area contributed by atoms with E-state index in [0.717, 1.165) is 42.4 Å². The molecule has 1 N–H and O–H groups in total. The maximum Gasteiger partial charge on any atom is 0.243 e. The summed E-state index contributed by atoms with van der Waals surface area (Å²) in [7, 11) is -3.51. The topological polar surface area (TPSA) is 86.8 Å². The molecular formula is C30H43N3O4S. The minimum Gasteiger partial charge on any atom is -0.352 e. The molecule has 1 aliphatic rings. The molecule has 0 saturated heterocycles. The monoisotopic (exact) mass is 541 g/mol. The molecule has 1 unspecified atom stereocenters. The van der Waals surface area contributed by atoms with Crippen LogP contribution in [0.25, 0.3) is 0 Å². The van der Waals surface area contributed by atoms with Crippen LogP contribution in [0.1, 0.15) is 75.0 Å². The quantitative estimate of drug-likeness (QED) is 0.405. The summed E-state index contributed by atoms with van der Waals surface area (Å²) in [6.45, 7) is 6.43. The van der Waals surface area contributed by atoms with E-state index in [-0.39, 0.29) is 30.8 Å². The van der Waals surface area contributed by atoms with E-state index in [1.54, 1.807) is 17.0 Å². The number of aryl methyl sites for hydroxylation is 2. The summed E-state index contributed by atoms with van der Waals surface area (Å²) in [5, 5.41) is 3.21. The summed E-state index contributed by atoms with van der Waals surface area (Å²) in [5.41, 5.74) is 3.69. The van der Waals surface area contributed by atoms with E-state index >= 15 is 0 Å². The maximum atomic E-state index is 13.6. The number of rotatable bonds is 12. The van der Waals surface area contributed by atoms with Crippen molar-refractivity contribution >= 4 is 27.5 Å². The highest BCUT2D eigenvalue weighted by atomic mass is 32.2. The predicted molar refractivity (Wildman–Crippen MR) is 153 cm³/mol. The van der Waals surface area contributed by atoms with Gasteiger partial charge >= 0.3 is 0 Å². The molecule has 3 rings (SSSR count). The van der Waals surface area contributed by atoms with E-state index in [1.165, 1.54) is 17.0 Å². The molecule has 1 fully saturated rings. The summed E-state index contributed by atoms with van der Waals surface area (Å²) in [6, 6.07) is 14.8. The number of amides is 2. The van der Waals surface area contributed by atoms with Gasteiger partial charge in [0, 0.05) is 25.6 Å². The van der Waals surface area contributed by atoms with Crippen LogP contribution in [0.3, 0.4) is 0 Å². The molecule has 0 bridgehead atoms. The average Bonchev–Trinajstić information content (AvgIpc) is 2.88. The van der Waals surface area contributed by atoms with Gasteiger partial charge in [-0.1, -0.05) is 68.1 Å². The highest BCUT2D eigenvalue weighted by Gasteiger charge is 2.30. The normalized spacial score (nSPS) is 15.1. The lowest BCUT2D eigenvalue weighted by molar-refractivity contribution is -0.141. The fourth-order valence-electron chi connectivity index (χ4n) is 5.15. The van der Waals surface area contributed by atoms with Crippen LogP contribution in [0, 0.1) is 13.8 Å². The van der Waals surface area contributed by atoms with Crippen molar-refractivity contribution in [1.29, 1.82) is 0 Å². The number of hydrogen-bond donors (Lipinski definition) is 1. The minimum atomic E-state index is -3.51. The number of hydrogen-bond acceptors (Lipinski definition) is 4. The molecule has 1 atom stereocenters. The molecule has 0 radical (unpaired) electrons. The minimum absolute atomic E-state index is 0.0984. The number of nitrogens with zero attached hydrogens (tertiary/aromatic N) is 2. The molecule has 1 saturated carbocycles. The van der Waals surface area contributed by atoms with Crippen LogP contribution in [-0.2, 0) is 26.2 Å². The van der Waals surface area contributed by atoms with E-state index in [1.807, 2.05) is 57.2 Å². The molecule has 1 aliphatic carbocycles. The number of carbonyl (C=O) groups excluding carboxylic acids is 2. The molecule has 0 aromatic heterocycles. The highest BCUT2D eigenvalue weighted by Crippen LogP contribution is 2.22. The first kappa shape index (κ1) is 29.7. The zero-order valence-corrected chi connectivity index (χ0v) is 24.1. The van der Waals surface area contributed by atoms with Gasteiger partial charge in [-0.15, -0.1) is 0 Å². The summed E-state index contributed by atoms with van der Waals surface area (Å²) in [4.78, 5) is 28.7. The van der Waals surface area contributed by atoms with Crippen molar-refractivity contribution in [1.82, 2.24) is 10.2 Å². The molecule has 0 aliphatic heterocycles. The van der Waals surface area contributed by atoms with Crippen LogP contribution in [0.5, 0.6) is 0 Å². The van der Waals surface area contributed by atoms with Crippen molar-refractivity contribution in [3.63, 3.8) is 0 Å². The number of benzene rings is 2. The molecule has 2 aromatic rings. The standard InChI is InChI=1S/C30H43N3O4S/c1-5-28(30(35)31-26-14-7-6-8-15-26)32(22-25-13-10-9-12-24(25)3)29(34)16-11-21-33(38(4,36)37)27-19-17-23(2)18-20-27/h9-10,12-13,17-20,26,28H,5-8,11,14-16,21-22H2,1-4H3,(H,31,35). The second kappa shape index (κ2) is 13.8. The molecule has 8 heteroatoms. The molecule has 7 nitrogen and oxygen atoms in total. The Bertz CT molecular complexity index is 1170. The highest BCUT2D eigenvalue weighted by molar-refractivity contribution is 7.92. The van der Waals surface area contributed by atoms with Crippen molar-refractivity contribution in [2.75, 3.05) is 17.1 Å². The summed E-state index contributed by atoms with van der Waals surface area (Å²) >= 11 is 0. The number of nitrogens with one attached hydrogen (secondary N) is 1. The van der Waals surface area contributed by atoms with Gasteiger partial charge in [-0.3, -0.25) is 13.9 Å². The number of carbonyl (C=O) groups is 2. The SMILES string of the molecule is CCC(C(=O)NC1CCCCC1)N(Cc1ccccc1C)C(=O)CCCN(c1ccc(C)cc1)S(C)(=O)=O. The molecular weight excluding hydrogens is 498 g/mol. The Labute approximate surface area is 228 Å². The molecule has 38 heavy (non-hydrogen) atoms. The smallest absolute Gasteiger partial charge is 0.243 e. The van der Waals surface area contributed by atoms with Crippen molar-refractivity contribution in [2.45, 2.75) is 90.8 Å². The van der Waals surface area contributed by atoms with Gasteiger partial charge in [0.15, 0.2) is 0 Å².